The summed E-state index contributed by atoms with van der Waals surface area (Å²) in [7, 11) is 0. The number of carbonyl (C=O) groups is 1. The summed E-state index contributed by atoms with van der Waals surface area (Å²) in [6.45, 7) is 6.40. The molecule has 0 aliphatic heterocycles. The van der Waals surface area contributed by atoms with Gasteiger partial charge in [0, 0.05) is 11.1 Å². The van der Waals surface area contributed by atoms with Crippen LogP contribution in [0.1, 0.15) is 124 Å². The van der Waals surface area contributed by atoms with Crippen molar-refractivity contribution in [1.82, 2.24) is 0 Å². The summed E-state index contributed by atoms with van der Waals surface area (Å²) in [5.41, 5.74) is 2.63. The molecule has 0 aromatic heterocycles. The smallest absolute Gasteiger partial charge is 0.197 e. The maximum atomic E-state index is 13.4. The number of ketones is 1. The molecule has 0 fully saturated rings. The molecule has 0 saturated carbocycles. The summed E-state index contributed by atoms with van der Waals surface area (Å²) >= 11 is 0. The summed E-state index contributed by atoms with van der Waals surface area (Å²) in [6, 6.07) is 16.2. The van der Waals surface area contributed by atoms with Gasteiger partial charge in [-0.15, -0.1) is 0 Å². The second-order valence-corrected chi connectivity index (χ2v) is 11.4. The van der Waals surface area contributed by atoms with Crippen LogP contribution in [-0.4, -0.2) is 22.6 Å². The number of unbranched alkanes of at least 4 members (excludes halogenated alkanes) is 13. The summed E-state index contributed by atoms with van der Waals surface area (Å²) in [5.74, 6) is 0.347. The van der Waals surface area contributed by atoms with Gasteiger partial charge in [0.05, 0.1) is 12.2 Å². The van der Waals surface area contributed by atoms with E-state index in [9.17, 15) is 15.0 Å². The molecule has 0 amide bonds. The molecule has 0 spiro atoms. The van der Waals surface area contributed by atoms with Crippen LogP contribution in [0.4, 0.5) is 0 Å². The van der Waals surface area contributed by atoms with Crippen LogP contribution in [-0.2, 0) is 0 Å². The van der Waals surface area contributed by atoms with Gasteiger partial charge < -0.3 is 14.9 Å². The lowest BCUT2D eigenvalue weighted by atomic mass is 9.88. The van der Waals surface area contributed by atoms with E-state index in [0.717, 1.165) is 12.2 Å². The average Bonchev–Trinajstić information content (AvgIpc) is 3.00. The standard InChI is InChI=1S/C37H50O4/c1-4-5-6-7-8-9-10-11-12-13-14-15-16-20-27-41-32-25-23-30(24-26-32)33-34(36(39)29(3)28(2)35(33)38)37(40)31-21-18-17-19-22-31/h17-19,21-26,38-39H,4-16,20,27H2,1-3H3. The first-order valence-corrected chi connectivity index (χ1v) is 15.8. The first-order valence-electron chi connectivity index (χ1n) is 15.8. The van der Waals surface area contributed by atoms with Gasteiger partial charge in [0.15, 0.2) is 5.78 Å². The number of phenolic OH excluding ortho intramolecular Hbond substituents is 2. The maximum Gasteiger partial charge on any atom is 0.197 e. The topological polar surface area (TPSA) is 66.8 Å². The fraction of sp³-hybridized carbons (Fsp3) is 0.486. The van der Waals surface area contributed by atoms with Crippen LogP contribution < -0.4 is 4.74 Å². The molecule has 222 valence electrons. The quantitative estimate of drug-likeness (QED) is 0.0872. The Balaban J connectivity index is 1.45. The number of ether oxygens (including phenoxy) is 1. The zero-order chi connectivity index (χ0) is 29.5. The Bertz CT molecular complexity index is 1200. The van der Waals surface area contributed by atoms with Crippen LogP contribution in [0.2, 0.25) is 0 Å². The number of benzene rings is 3. The van der Waals surface area contributed by atoms with Gasteiger partial charge >= 0.3 is 0 Å². The number of rotatable bonds is 19. The van der Waals surface area contributed by atoms with Crippen LogP contribution in [0, 0.1) is 13.8 Å². The summed E-state index contributed by atoms with van der Waals surface area (Å²) in [4.78, 5) is 13.4. The normalized spacial score (nSPS) is 11.1. The van der Waals surface area contributed by atoms with Crippen molar-refractivity contribution in [1.29, 1.82) is 0 Å². The van der Waals surface area contributed by atoms with Gasteiger partial charge in [0.25, 0.3) is 0 Å². The number of hydrogen-bond acceptors (Lipinski definition) is 4. The molecule has 0 bridgehead atoms. The lowest BCUT2D eigenvalue weighted by Gasteiger charge is -2.18. The monoisotopic (exact) mass is 558 g/mol. The van der Waals surface area contributed by atoms with Crippen molar-refractivity contribution >= 4 is 5.78 Å². The SMILES string of the molecule is CCCCCCCCCCCCCCCCOc1ccc(-c2c(O)c(C)c(C)c(O)c2C(=O)c2ccccc2)cc1. The molecule has 0 saturated heterocycles. The third kappa shape index (κ3) is 9.66. The minimum absolute atomic E-state index is 0.00987. The Morgan fingerprint density at radius 1 is 0.634 bits per heavy atom. The first-order chi connectivity index (χ1) is 20.0. The Labute approximate surface area is 247 Å². The minimum Gasteiger partial charge on any atom is -0.507 e. The summed E-state index contributed by atoms with van der Waals surface area (Å²) in [5, 5.41) is 22.0. The minimum atomic E-state index is -0.324. The van der Waals surface area contributed by atoms with Crippen LogP contribution in [0.3, 0.4) is 0 Å². The fourth-order valence-corrected chi connectivity index (χ4v) is 5.41. The van der Waals surface area contributed by atoms with Gasteiger partial charge in [0.2, 0.25) is 0 Å². The number of hydrogen-bond donors (Lipinski definition) is 2. The number of carbonyl (C=O) groups excluding carboxylic acids is 1. The van der Waals surface area contributed by atoms with E-state index >= 15 is 0 Å². The molecule has 3 aromatic rings. The van der Waals surface area contributed by atoms with Gasteiger partial charge in [-0.2, -0.15) is 0 Å². The second kappa shape index (κ2) is 17.5. The van der Waals surface area contributed by atoms with E-state index in [-0.39, 0.29) is 22.8 Å². The highest BCUT2D eigenvalue weighted by Crippen LogP contribution is 2.44. The van der Waals surface area contributed by atoms with Crippen molar-refractivity contribution in [3.63, 3.8) is 0 Å². The molecule has 0 aliphatic rings. The summed E-state index contributed by atoms with van der Waals surface area (Å²) in [6.07, 6.45) is 18.6. The van der Waals surface area contributed by atoms with Gasteiger partial charge in [-0.25, -0.2) is 0 Å². The average molecular weight is 559 g/mol. The van der Waals surface area contributed by atoms with E-state index in [1.165, 1.54) is 83.5 Å². The molecule has 0 aliphatic carbocycles. The zero-order valence-electron chi connectivity index (χ0n) is 25.5. The highest BCUT2D eigenvalue weighted by molar-refractivity contribution is 6.15. The molecule has 41 heavy (non-hydrogen) atoms. The van der Waals surface area contributed by atoms with Crippen molar-refractivity contribution in [2.45, 2.75) is 111 Å². The highest BCUT2D eigenvalue weighted by Gasteiger charge is 2.26. The predicted octanol–water partition coefficient (Wildman–Crippen LogP) is 10.5. The molecular weight excluding hydrogens is 508 g/mol. The highest BCUT2D eigenvalue weighted by atomic mass is 16.5. The van der Waals surface area contributed by atoms with Crippen molar-refractivity contribution in [2.24, 2.45) is 0 Å². The lowest BCUT2D eigenvalue weighted by Crippen LogP contribution is -2.06. The molecule has 2 N–H and O–H groups in total. The molecule has 0 radical (unpaired) electrons. The van der Waals surface area contributed by atoms with Crippen molar-refractivity contribution < 1.29 is 19.7 Å². The third-order valence-electron chi connectivity index (χ3n) is 8.17. The van der Waals surface area contributed by atoms with E-state index in [2.05, 4.69) is 6.92 Å². The molecular formula is C37H50O4. The molecule has 3 aromatic carbocycles. The molecule has 3 rings (SSSR count). The largest absolute Gasteiger partial charge is 0.507 e. The fourth-order valence-electron chi connectivity index (χ4n) is 5.41. The lowest BCUT2D eigenvalue weighted by molar-refractivity contribution is 0.103. The maximum absolute atomic E-state index is 13.4. The van der Waals surface area contributed by atoms with E-state index in [1.807, 2.05) is 30.3 Å². The Morgan fingerprint density at radius 3 is 1.66 bits per heavy atom. The van der Waals surface area contributed by atoms with Crippen molar-refractivity contribution in [3.8, 4) is 28.4 Å². The Kier molecular flexibility index (Phi) is 13.8. The molecule has 4 nitrogen and oxygen atoms in total. The molecule has 0 heterocycles. The number of phenols is 2. The van der Waals surface area contributed by atoms with Gasteiger partial charge in [0.1, 0.15) is 17.2 Å². The summed E-state index contributed by atoms with van der Waals surface area (Å²) < 4.78 is 5.97. The van der Waals surface area contributed by atoms with Crippen molar-refractivity contribution in [2.75, 3.05) is 6.61 Å². The molecule has 0 atom stereocenters. The van der Waals surface area contributed by atoms with Crippen LogP contribution in [0.25, 0.3) is 11.1 Å². The van der Waals surface area contributed by atoms with Gasteiger partial charge in [-0.1, -0.05) is 133 Å². The second-order valence-electron chi connectivity index (χ2n) is 11.4. The zero-order valence-corrected chi connectivity index (χ0v) is 25.5. The van der Waals surface area contributed by atoms with E-state index in [4.69, 9.17) is 4.74 Å². The van der Waals surface area contributed by atoms with Gasteiger partial charge in [-0.05, 0) is 49.1 Å². The van der Waals surface area contributed by atoms with Gasteiger partial charge in [-0.3, -0.25) is 4.79 Å². The molecule has 4 heteroatoms. The molecule has 0 unspecified atom stereocenters. The van der Waals surface area contributed by atoms with Crippen LogP contribution in [0.15, 0.2) is 54.6 Å². The van der Waals surface area contributed by atoms with E-state index in [1.54, 1.807) is 38.1 Å². The Morgan fingerprint density at radius 2 is 1.12 bits per heavy atom. The van der Waals surface area contributed by atoms with E-state index in [0.29, 0.717) is 34.4 Å². The van der Waals surface area contributed by atoms with Crippen LogP contribution >= 0.6 is 0 Å². The van der Waals surface area contributed by atoms with Crippen LogP contribution in [0.5, 0.6) is 17.2 Å². The van der Waals surface area contributed by atoms with E-state index < -0.39 is 0 Å². The van der Waals surface area contributed by atoms with Crippen molar-refractivity contribution in [3.05, 3.63) is 76.9 Å². The number of aromatic hydroxyl groups is 2. The first kappa shape index (κ1) is 32.2. The third-order valence-corrected chi connectivity index (χ3v) is 8.17. The Hall–Kier alpha value is -3.27. The predicted molar refractivity (Wildman–Crippen MR) is 170 cm³/mol.